The number of hydrogen-bond donors (Lipinski definition) is 3. The zero-order valence-corrected chi connectivity index (χ0v) is 21.0. The van der Waals surface area contributed by atoms with E-state index in [2.05, 4.69) is 25.5 Å². The minimum atomic E-state index is -0.369. The normalized spacial score (nSPS) is 13.8. The number of para-hydroxylation sites is 1. The fraction of sp³-hybridized carbons (Fsp3) is 0.296. The Morgan fingerprint density at radius 3 is 2.68 bits per heavy atom. The molecule has 0 aliphatic carbocycles. The van der Waals surface area contributed by atoms with Crippen molar-refractivity contribution in [3.63, 3.8) is 0 Å². The second-order valence-corrected chi connectivity index (χ2v) is 9.19. The van der Waals surface area contributed by atoms with Crippen LogP contribution in [-0.4, -0.2) is 73.3 Å². The van der Waals surface area contributed by atoms with E-state index in [4.69, 9.17) is 15.5 Å². The van der Waals surface area contributed by atoms with Gasteiger partial charge in [0.15, 0.2) is 0 Å². The second-order valence-electron chi connectivity index (χ2n) is 9.19. The molecule has 2 aromatic heterocycles. The van der Waals surface area contributed by atoms with E-state index in [1.807, 2.05) is 49.3 Å². The summed E-state index contributed by atoms with van der Waals surface area (Å²) >= 11 is 0. The summed E-state index contributed by atoms with van der Waals surface area (Å²) in [5.41, 5.74) is 8.58. The van der Waals surface area contributed by atoms with E-state index in [9.17, 15) is 0 Å². The Labute approximate surface area is 215 Å². The van der Waals surface area contributed by atoms with Crippen LogP contribution in [0.3, 0.4) is 0 Å². The number of likely N-dealkylation sites (N-methyl/N-ethyl adjacent to an activating group) is 1. The first-order valence-corrected chi connectivity index (χ1v) is 12.3. The van der Waals surface area contributed by atoms with Crippen LogP contribution in [0.1, 0.15) is 0 Å². The predicted molar refractivity (Wildman–Crippen MR) is 146 cm³/mol. The first-order chi connectivity index (χ1) is 18.0. The summed E-state index contributed by atoms with van der Waals surface area (Å²) in [5, 5.41) is 7.18. The molecule has 1 aliphatic rings. The third kappa shape index (κ3) is 5.71. The number of fused-ring (bicyclic) bond motifs is 1. The maximum atomic E-state index is 15.0. The fourth-order valence-electron chi connectivity index (χ4n) is 4.27. The molecule has 0 radical (unpaired) electrons. The molecule has 1 saturated heterocycles. The van der Waals surface area contributed by atoms with Crippen molar-refractivity contribution in [1.29, 1.82) is 0 Å². The number of nitrogens with two attached hydrogens (primary N) is 1. The van der Waals surface area contributed by atoms with Gasteiger partial charge >= 0.3 is 0 Å². The first kappa shape index (κ1) is 24.7. The smallest absolute Gasteiger partial charge is 0.229 e. The van der Waals surface area contributed by atoms with Gasteiger partial charge in [0.1, 0.15) is 29.8 Å². The summed E-state index contributed by atoms with van der Waals surface area (Å²) < 4.78 is 20.8. The van der Waals surface area contributed by atoms with Gasteiger partial charge in [-0.25, -0.2) is 14.4 Å². The molecule has 192 valence electrons. The number of anilines is 4. The molecule has 0 amide bonds. The molecule has 4 aromatic rings. The molecule has 0 unspecified atom stereocenters. The van der Waals surface area contributed by atoms with Crippen molar-refractivity contribution < 1.29 is 9.13 Å². The molecule has 0 saturated carbocycles. The number of piperazine rings is 1. The van der Waals surface area contributed by atoms with Crippen LogP contribution in [0.2, 0.25) is 0 Å². The van der Waals surface area contributed by atoms with Gasteiger partial charge in [-0.3, -0.25) is 0 Å². The van der Waals surface area contributed by atoms with Crippen LogP contribution in [0.15, 0.2) is 54.7 Å². The van der Waals surface area contributed by atoms with Gasteiger partial charge in [-0.05, 0) is 50.5 Å². The Kier molecular flexibility index (Phi) is 7.29. The summed E-state index contributed by atoms with van der Waals surface area (Å²) in [4.78, 5) is 18.0. The monoisotopic (exact) mass is 502 g/mol. The van der Waals surface area contributed by atoms with Gasteiger partial charge in [0.25, 0.3) is 0 Å². The maximum absolute atomic E-state index is 15.0. The Morgan fingerprint density at radius 1 is 1.08 bits per heavy atom. The lowest BCUT2D eigenvalue weighted by Crippen LogP contribution is -2.43. The molecule has 1 fully saturated rings. The Morgan fingerprint density at radius 2 is 1.92 bits per heavy atom. The number of rotatable bonds is 8. The molecule has 9 nitrogen and oxygen atoms in total. The predicted octanol–water partition coefficient (Wildman–Crippen LogP) is 3.51. The summed E-state index contributed by atoms with van der Waals surface area (Å²) in [6.07, 6.45) is 1.75. The quantitative estimate of drug-likeness (QED) is 0.334. The number of halogens is 1. The Hall–Kier alpha value is -4.02. The van der Waals surface area contributed by atoms with Crippen LogP contribution in [0.4, 0.5) is 27.7 Å². The lowest BCUT2D eigenvalue weighted by molar-refractivity contribution is 0.261. The van der Waals surface area contributed by atoms with Gasteiger partial charge in [0, 0.05) is 49.2 Å². The van der Waals surface area contributed by atoms with E-state index >= 15 is 4.39 Å². The Bertz CT molecular complexity index is 1370. The molecule has 3 heterocycles. The van der Waals surface area contributed by atoms with E-state index in [-0.39, 0.29) is 5.82 Å². The number of ether oxygens (including phenoxy) is 1. The van der Waals surface area contributed by atoms with Crippen LogP contribution in [0, 0.1) is 5.82 Å². The van der Waals surface area contributed by atoms with Gasteiger partial charge in [-0.1, -0.05) is 12.1 Å². The lowest BCUT2D eigenvalue weighted by Gasteiger charge is -2.28. The molecule has 2 aromatic carbocycles. The summed E-state index contributed by atoms with van der Waals surface area (Å²) in [5.74, 6) is 1.76. The van der Waals surface area contributed by atoms with E-state index in [0.717, 1.165) is 44.2 Å². The number of pyridine rings is 1. The van der Waals surface area contributed by atoms with E-state index < -0.39 is 0 Å². The third-order valence-electron chi connectivity index (χ3n) is 6.24. The van der Waals surface area contributed by atoms with Crippen LogP contribution >= 0.6 is 0 Å². The molecule has 0 bridgehead atoms. The number of nitrogen functional groups attached to an aromatic ring is 1. The van der Waals surface area contributed by atoms with Crippen molar-refractivity contribution >= 4 is 34.2 Å². The second kappa shape index (κ2) is 10.9. The van der Waals surface area contributed by atoms with E-state index in [0.29, 0.717) is 46.2 Å². The van der Waals surface area contributed by atoms with Gasteiger partial charge in [-0.2, -0.15) is 4.98 Å². The highest BCUT2D eigenvalue weighted by Crippen LogP contribution is 2.34. The molecule has 0 spiro atoms. The summed E-state index contributed by atoms with van der Waals surface area (Å²) in [6.45, 7) is 4.99. The molecule has 4 N–H and O–H groups in total. The third-order valence-corrected chi connectivity index (χ3v) is 6.24. The zero-order chi connectivity index (χ0) is 25.8. The van der Waals surface area contributed by atoms with E-state index in [1.165, 1.54) is 6.07 Å². The van der Waals surface area contributed by atoms with Gasteiger partial charge < -0.3 is 30.9 Å². The highest BCUT2D eigenvalue weighted by molar-refractivity contribution is 5.99. The molecular formula is C27H31FN8O. The van der Waals surface area contributed by atoms with E-state index in [1.54, 1.807) is 18.3 Å². The molecule has 5 rings (SSSR count). The number of hydrogen-bond acceptors (Lipinski definition) is 9. The number of benzene rings is 2. The lowest BCUT2D eigenvalue weighted by atomic mass is 10.0. The minimum absolute atomic E-state index is 0.304. The van der Waals surface area contributed by atoms with Gasteiger partial charge in [0.05, 0.1) is 17.4 Å². The number of nitrogens with one attached hydrogen (secondary N) is 2. The van der Waals surface area contributed by atoms with Gasteiger partial charge in [0.2, 0.25) is 5.95 Å². The molecule has 37 heavy (non-hydrogen) atoms. The minimum Gasteiger partial charge on any atom is -0.492 e. The molecule has 10 heteroatoms. The van der Waals surface area contributed by atoms with Crippen LogP contribution in [0.5, 0.6) is 5.75 Å². The fourth-order valence-corrected chi connectivity index (χ4v) is 4.27. The SMILES string of the molecule is CN(C)CCOc1ccc(F)c(-c2cccc3c(N)nc(Nc4ccc(N5CCNCC5)nc4)nc23)c1. The van der Waals surface area contributed by atoms with Crippen LogP contribution in [-0.2, 0) is 0 Å². The van der Waals surface area contributed by atoms with Crippen LogP contribution in [0.25, 0.3) is 22.0 Å². The van der Waals surface area contributed by atoms with Crippen molar-refractivity contribution in [1.82, 2.24) is 25.2 Å². The standard InChI is InChI=1S/C27H31FN8O/c1-35(2)14-15-37-19-7-8-23(28)22(16-19)20-4-3-5-21-25(20)33-27(34-26(21)29)32-18-6-9-24(31-17-18)36-12-10-30-11-13-36/h3-9,16-17,30H,10-15H2,1-2H3,(H3,29,32,33,34). The highest BCUT2D eigenvalue weighted by Gasteiger charge is 2.16. The molecule has 0 atom stereocenters. The Balaban J connectivity index is 1.44. The summed E-state index contributed by atoms with van der Waals surface area (Å²) in [6, 6.07) is 14.1. The van der Waals surface area contributed by atoms with Crippen molar-refractivity contribution in [3.05, 3.63) is 60.5 Å². The topological polar surface area (TPSA) is 104 Å². The first-order valence-electron chi connectivity index (χ1n) is 12.3. The van der Waals surface area contributed by atoms with Crippen molar-refractivity contribution in [3.8, 4) is 16.9 Å². The molecule has 1 aliphatic heterocycles. The summed E-state index contributed by atoms with van der Waals surface area (Å²) in [7, 11) is 3.95. The zero-order valence-electron chi connectivity index (χ0n) is 21.0. The van der Waals surface area contributed by atoms with Gasteiger partial charge in [-0.15, -0.1) is 0 Å². The van der Waals surface area contributed by atoms with Crippen LogP contribution < -0.4 is 26.0 Å². The number of aromatic nitrogens is 3. The maximum Gasteiger partial charge on any atom is 0.229 e. The average Bonchev–Trinajstić information content (AvgIpc) is 2.90. The average molecular weight is 503 g/mol. The highest BCUT2D eigenvalue weighted by atomic mass is 19.1. The number of nitrogens with zero attached hydrogens (tertiary/aromatic N) is 5. The largest absolute Gasteiger partial charge is 0.492 e. The van der Waals surface area contributed by atoms with Crippen molar-refractivity contribution in [2.45, 2.75) is 0 Å². The van der Waals surface area contributed by atoms with Crippen molar-refractivity contribution in [2.75, 3.05) is 69.4 Å². The molecular weight excluding hydrogens is 471 g/mol. The van der Waals surface area contributed by atoms with Crippen molar-refractivity contribution in [2.24, 2.45) is 0 Å².